The van der Waals surface area contributed by atoms with Crippen LogP contribution in [0.2, 0.25) is 5.02 Å². The fraction of sp³-hybridized carbons (Fsp3) is 0.308. The first-order valence-electron chi connectivity index (χ1n) is 6.02. The van der Waals surface area contributed by atoms with Crippen LogP contribution < -0.4 is 0 Å². The van der Waals surface area contributed by atoms with Gasteiger partial charge in [-0.3, -0.25) is 4.79 Å². The Hall–Kier alpha value is -1.37. The minimum Gasteiger partial charge on any atom is -0.480 e. The average molecular weight is 316 g/mol. The fourth-order valence-corrected chi connectivity index (χ4v) is 4.04. The molecule has 0 spiro atoms. The van der Waals surface area contributed by atoms with Crippen molar-refractivity contribution in [2.75, 3.05) is 6.54 Å². The lowest BCUT2D eigenvalue weighted by Crippen LogP contribution is -2.46. The molecule has 0 aliphatic carbocycles. The molecule has 7 heteroatoms. The lowest BCUT2D eigenvalue weighted by Gasteiger charge is -2.29. The maximum absolute atomic E-state index is 12.4. The highest BCUT2D eigenvalue weighted by Gasteiger charge is 2.35. The van der Waals surface area contributed by atoms with Crippen molar-refractivity contribution in [1.82, 2.24) is 4.31 Å². The minimum absolute atomic E-state index is 0.0732. The standard InChI is InChI=1S/C13H14ClNO4S/c14-11-6-2-1-5-10(11)9-20(18,19)15-8-4-3-7-12(15)13(16)17/h1-6,12H,7-9H2,(H,16,17). The van der Waals surface area contributed by atoms with E-state index < -0.39 is 22.0 Å². The van der Waals surface area contributed by atoms with E-state index >= 15 is 0 Å². The molecular formula is C13H14ClNO4S. The number of halogens is 1. The van der Waals surface area contributed by atoms with Crippen molar-refractivity contribution in [3.8, 4) is 0 Å². The Bertz CT molecular complexity index is 642. The largest absolute Gasteiger partial charge is 0.480 e. The Kier molecular flexibility index (Phi) is 4.47. The van der Waals surface area contributed by atoms with Gasteiger partial charge in [-0.15, -0.1) is 0 Å². The van der Waals surface area contributed by atoms with Crippen molar-refractivity contribution in [3.05, 3.63) is 47.0 Å². The van der Waals surface area contributed by atoms with Gasteiger partial charge in [0.1, 0.15) is 6.04 Å². The van der Waals surface area contributed by atoms with Crippen molar-refractivity contribution in [3.63, 3.8) is 0 Å². The topological polar surface area (TPSA) is 74.7 Å². The lowest BCUT2D eigenvalue weighted by atomic mass is 10.1. The molecule has 0 fully saturated rings. The summed E-state index contributed by atoms with van der Waals surface area (Å²) in [6.07, 6.45) is 3.51. The second-order valence-electron chi connectivity index (χ2n) is 4.48. The molecule has 1 aromatic rings. The maximum Gasteiger partial charge on any atom is 0.322 e. The van der Waals surface area contributed by atoms with Crippen LogP contribution in [0.1, 0.15) is 12.0 Å². The van der Waals surface area contributed by atoms with Gasteiger partial charge in [0, 0.05) is 11.6 Å². The zero-order valence-electron chi connectivity index (χ0n) is 10.6. The number of rotatable bonds is 4. The second-order valence-corrected chi connectivity index (χ2v) is 6.81. The molecule has 0 amide bonds. The molecule has 1 aliphatic heterocycles. The third-order valence-corrected chi connectivity index (χ3v) is 5.26. The van der Waals surface area contributed by atoms with Gasteiger partial charge >= 0.3 is 5.97 Å². The maximum atomic E-state index is 12.4. The van der Waals surface area contributed by atoms with Crippen molar-refractivity contribution in [1.29, 1.82) is 0 Å². The number of carbonyl (C=O) groups is 1. The number of hydrogen-bond acceptors (Lipinski definition) is 3. The van der Waals surface area contributed by atoms with Crippen molar-refractivity contribution in [2.45, 2.75) is 18.2 Å². The van der Waals surface area contributed by atoms with E-state index in [1.807, 2.05) is 0 Å². The monoisotopic (exact) mass is 315 g/mol. The SMILES string of the molecule is O=C(O)C1CC=CCN1S(=O)(=O)Cc1ccccc1Cl. The molecule has 2 rings (SSSR count). The highest BCUT2D eigenvalue weighted by molar-refractivity contribution is 7.88. The predicted molar refractivity (Wildman–Crippen MR) is 76.0 cm³/mol. The van der Waals surface area contributed by atoms with Crippen LogP contribution in [0, 0.1) is 0 Å². The van der Waals surface area contributed by atoms with E-state index in [4.69, 9.17) is 16.7 Å². The van der Waals surface area contributed by atoms with Crippen LogP contribution >= 0.6 is 11.6 Å². The van der Waals surface area contributed by atoms with Crippen LogP contribution in [-0.2, 0) is 20.6 Å². The third kappa shape index (κ3) is 3.20. The number of carboxylic acid groups (broad SMARTS) is 1. The van der Waals surface area contributed by atoms with E-state index in [9.17, 15) is 13.2 Å². The number of sulfonamides is 1. The van der Waals surface area contributed by atoms with E-state index in [1.165, 1.54) is 0 Å². The van der Waals surface area contributed by atoms with Gasteiger partial charge in [-0.1, -0.05) is 42.0 Å². The Morgan fingerprint density at radius 1 is 1.35 bits per heavy atom. The summed E-state index contributed by atoms with van der Waals surface area (Å²) in [5.41, 5.74) is 0.466. The number of hydrogen-bond donors (Lipinski definition) is 1. The highest BCUT2D eigenvalue weighted by Crippen LogP contribution is 2.23. The van der Waals surface area contributed by atoms with Crippen molar-refractivity contribution >= 4 is 27.6 Å². The van der Waals surface area contributed by atoms with Crippen molar-refractivity contribution < 1.29 is 18.3 Å². The molecule has 1 atom stereocenters. The lowest BCUT2D eigenvalue weighted by molar-refractivity contribution is -0.141. The van der Waals surface area contributed by atoms with Crippen LogP contribution in [-0.4, -0.2) is 36.4 Å². The summed E-state index contributed by atoms with van der Waals surface area (Å²) < 4.78 is 25.8. The molecule has 0 bridgehead atoms. The van der Waals surface area contributed by atoms with E-state index in [-0.39, 0.29) is 18.7 Å². The molecule has 1 aromatic carbocycles. The predicted octanol–water partition coefficient (Wildman–Crippen LogP) is 1.88. The van der Waals surface area contributed by atoms with Crippen LogP contribution in [0.25, 0.3) is 0 Å². The zero-order chi connectivity index (χ0) is 14.8. The second kappa shape index (κ2) is 5.95. The van der Waals surface area contributed by atoms with Crippen LogP contribution in [0.15, 0.2) is 36.4 Å². The first-order valence-corrected chi connectivity index (χ1v) is 8.01. The minimum atomic E-state index is -3.74. The van der Waals surface area contributed by atoms with Crippen LogP contribution in [0.3, 0.4) is 0 Å². The van der Waals surface area contributed by atoms with Gasteiger partial charge in [0.05, 0.1) is 5.75 Å². The van der Waals surface area contributed by atoms with Gasteiger partial charge in [-0.05, 0) is 18.1 Å². The molecule has 20 heavy (non-hydrogen) atoms. The van der Waals surface area contributed by atoms with Gasteiger partial charge in [-0.2, -0.15) is 4.31 Å². The van der Waals surface area contributed by atoms with Gasteiger partial charge in [0.15, 0.2) is 0 Å². The molecule has 0 saturated heterocycles. The van der Waals surface area contributed by atoms with E-state index in [2.05, 4.69) is 0 Å². The van der Waals surface area contributed by atoms with Crippen molar-refractivity contribution in [2.24, 2.45) is 0 Å². The van der Waals surface area contributed by atoms with Gasteiger partial charge in [0.2, 0.25) is 10.0 Å². The average Bonchev–Trinajstić information content (AvgIpc) is 2.41. The zero-order valence-corrected chi connectivity index (χ0v) is 12.1. The molecule has 1 N–H and O–H groups in total. The Balaban J connectivity index is 2.28. The summed E-state index contributed by atoms with van der Waals surface area (Å²) in [4.78, 5) is 11.2. The normalized spacial score (nSPS) is 19.9. The number of benzene rings is 1. The molecule has 1 aliphatic rings. The Morgan fingerprint density at radius 2 is 2.05 bits per heavy atom. The Morgan fingerprint density at radius 3 is 2.70 bits per heavy atom. The summed E-state index contributed by atoms with van der Waals surface area (Å²) in [5.74, 6) is -1.44. The van der Waals surface area contributed by atoms with Gasteiger partial charge in [-0.25, -0.2) is 8.42 Å². The van der Waals surface area contributed by atoms with E-state index in [1.54, 1.807) is 36.4 Å². The molecule has 1 heterocycles. The molecule has 0 saturated carbocycles. The summed E-state index contributed by atoms with van der Waals surface area (Å²) in [6.45, 7) is 0.0732. The van der Waals surface area contributed by atoms with Crippen LogP contribution in [0.4, 0.5) is 0 Å². The summed E-state index contributed by atoms with van der Waals surface area (Å²) in [7, 11) is -3.74. The Labute approximate surface area is 122 Å². The molecular weight excluding hydrogens is 302 g/mol. The first kappa shape index (κ1) is 15.0. The first-order chi connectivity index (χ1) is 9.42. The van der Waals surface area contributed by atoms with Gasteiger partial charge in [0.25, 0.3) is 0 Å². The molecule has 0 radical (unpaired) electrons. The van der Waals surface area contributed by atoms with Gasteiger partial charge < -0.3 is 5.11 Å². The number of nitrogens with zero attached hydrogens (tertiary/aromatic N) is 1. The smallest absolute Gasteiger partial charge is 0.322 e. The summed E-state index contributed by atoms with van der Waals surface area (Å²) in [6, 6.07) is 5.59. The third-order valence-electron chi connectivity index (χ3n) is 3.10. The van der Waals surface area contributed by atoms with E-state index in [0.29, 0.717) is 10.6 Å². The fourth-order valence-electron chi connectivity index (χ4n) is 2.07. The number of aliphatic carboxylic acids is 1. The quantitative estimate of drug-likeness (QED) is 0.861. The molecule has 108 valence electrons. The summed E-state index contributed by atoms with van der Waals surface area (Å²) >= 11 is 5.95. The molecule has 5 nitrogen and oxygen atoms in total. The molecule has 0 aromatic heterocycles. The van der Waals surface area contributed by atoms with E-state index in [0.717, 1.165) is 4.31 Å². The van der Waals surface area contributed by atoms with Crippen LogP contribution in [0.5, 0.6) is 0 Å². The number of carboxylic acids is 1. The molecule has 1 unspecified atom stereocenters. The highest BCUT2D eigenvalue weighted by atomic mass is 35.5. The summed E-state index contributed by atoms with van der Waals surface area (Å²) in [5, 5.41) is 9.48.